The molecule has 1 amide bonds. The van der Waals surface area contributed by atoms with Gasteiger partial charge in [0.1, 0.15) is 0 Å². The van der Waals surface area contributed by atoms with Gasteiger partial charge in [0.05, 0.1) is 28.6 Å². The lowest BCUT2D eigenvalue weighted by Gasteiger charge is -2.43. The number of amides is 1. The van der Waals surface area contributed by atoms with Crippen molar-refractivity contribution in [3.8, 4) is 0 Å². The Morgan fingerprint density at radius 3 is 2.45 bits per heavy atom. The molecule has 1 aromatic heterocycles. The number of benzene rings is 1. The van der Waals surface area contributed by atoms with Crippen molar-refractivity contribution in [3.63, 3.8) is 0 Å². The highest BCUT2D eigenvalue weighted by Crippen LogP contribution is 2.41. The van der Waals surface area contributed by atoms with Gasteiger partial charge in [-0.1, -0.05) is 35.3 Å². The van der Waals surface area contributed by atoms with Gasteiger partial charge in [-0.25, -0.2) is 4.98 Å². The number of carbonyl (C=O) groups excluding carboxylic acids is 1. The summed E-state index contributed by atoms with van der Waals surface area (Å²) >= 11 is 12.0. The van der Waals surface area contributed by atoms with Gasteiger partial charge in [-0.3, -0.25) is 9.59 Å². The zero-order valence-electron chi connectivity index (χ0n) is 15.5. The molecule has 152 valence electrons. The number of pyridine rings is 1. The minimum absolute atomic E-state index is 0.104. The van der Waals surface area contributed by atoms with Crippen molar-refractivity contribution in [2.24, 2.45) is 11.8 Å². The molecule has 9 heteroatoms. The molecule has 1 saturated carbocycles. The van der Waals surface area contributed by atoms with Crippen molar-refractivity contribution >= 4 is 46.6 Å². The third-order valence-electron chi connectivity index (χ3n) is 5.51. The number of rotatable bonds is 4. The average molecular weight is 435 g/mol. The van der Waals surface area contributed by atoms with E-state index in [2.05, 4.69) is 9.88 Å². The number of nitrogens with zero attached hydrogens (tertiary/aromatic N) is 3. The molecule has 7 nitrogen and oxygen atoms in total. The molecule has 2 heterocycles. The van der Waals surface area contributed by atoms with E-state index in [4.69, 9.17) is 34.0 Å². The quantitative estimate of drug-likeness (QED) is 0.766. The van der Waals surface area contributed by atoms with Crippen LogP contribution in [0.5, 0.6) is 0 Å². The average Bonchev–Trinajstić information content (AvgIpc) is 3.49. The van der Waals surface area contributed by atoms with Crippen LogP contribution in [0.3, 0.4) is 0 Å². The van der Waals surface area contributed by atoms with E-state index in [0.717, 1.165) is 5.56 Å². The summed E-state index contributed by atoms with van der Waals surface area (Å²) in [5.74, 6) is -1.40. The van der Waals surface area contributed by atoms with E-state index in [1.165, 1.54) is 0 Å². The maximum Gasteiger partial charge on any atom is 0.307 e. The van der Waals surface area contributed by atoms with E-state index in [0.29, 0.717) is 47.6 Å². The first-order chi connectivity index (χ1) is 13.8. The number of carboxylic acids is 1. The van der Waals surface area contributed by atoms with Crippen LogP contribution >= 0.6 is 23.2 Å². The SMILES string of the molecule is Nc1cc(Cl)cnc1N1CCN(C(=O)C2CC2C(=O)O)CC1c1ccc(Cl)cc1. The lowest BCUT2D eigenvalue weighted by Crippen LogP contribution is -2.51. The number of carbonyl (C=O) groups is 2. The highest BCUT2D eigenvalue weighted by atomic mass is 35.5. The summed E-state index contributed by atoms with van der Waals surface area (Å²) in [5.41, 5.74) is 7.59. The Labute approximate surface area is 178 Å². The Balaban J connectivity index is 1.62. The van der Waals surface area contributed by atoms with Gasteiger partial charge in [0.25, 0.3) is 0 Å². The van der Waals surface area contributed by atoms with Crippen LogP contribution in [0.2, 0.25) is 10.0 Å². The van der Waals surface area contributed by atoms with Crippen molar-refractivity contribution in [2.45, 2.75) is 12.5 Å². The summed E-state index contributed by atoms with van der Waals surface area (Å²) < 4.78 is 0. The third kappa shape index (κ3) is 3.97. The molecular weight excluding hydrogens is 415 g/mol. The van der Waals surface area contributed by atoms with Gasteiger partial charge in [-0.05, 0) is 30.2 Å². The first kappa shape index (κ1) is 19.8. The molecule has 0 radical (unpaired) electrons. The van der Waals surface area contributed by atoms with Crippen molar-refractivity contribution in [2.75, 3.05) is 30.3 Å². The van der Waals surface area contributed by atoms with Crippen molar-refractivity contribution in [3.05, 3.63) is 52.1 Å². The second-order valence-electron chi connectivity index (χ2n) is 7.40. The van der Waals surface area contributed by atoms with Gasteiger partial charge in [0.15, 0.2) is 5.82 Å². The normalized spacial score (nSPS) is 23.7. The molecule has 1 aliphatic carbocycles. The monoisotopic (exact) mass is 434 g/mol. The van der Waals surface area contributed by atoms with Gasteiger partial charge in [0.2, 0.25) is 5.91 Å². The summed E-state index contributed by atoms with van der Waals surface area (Å²) in [4.78, 5) is 32.2. The Morgan fingerprint density at radius 1 is 1.10 bits per heavy atom. The first-order valence-electron chi connectivity index (χ1n) is 9.30. The van der Waals surface area contributed by atoms with Crippen molar-refractivity contribution in [1.29, 1.82) is 0 Å². The molecule has 3 N–H and O–H groups in total. The topological polar surface area (TPSA) is 99.8 Å². The van der Waals surface area contributed by atoms with Gasteiger partial charge >= 0.3 is 5.97 Å². The summed E-state index contributed by atoms with van der Waals surface area (Å²) in [6.07, 6.45) is 1.96. The predicted molar refractivity (Wildman–Crippen MR) is 111 cm³/mol. The Bertz CT molecular complexity index is 953. The Morgan fingerprint density at radius 2 is 1.83 bits per heavy atom. The number of nitrogen functional groups attached to an aromatic ring is 1. The van der Waals surface area contributed by atoms with Crippen LogP contribution in [-0.4, -0.2) is 46.5 Å². The Hall–Kier alpha value is -2.51. The summed E-state index contributed by atoms with van der Waals surface area (Å²) in [6.45, 7) is 1.39. The molecule has 29 heavy (non-hydrogen) atoms. The molecule has 2 aromatic rings. The minimum Gasteiger partial charge on any atom is -0.481 e. The van der Waals surface area contributed by atoms with E-state index < -0.39 is 17.8 Å². The lowest BCUT2D eigenvalue weighted by atomic mass is 10.0. The number of anilines is 2. The van der Waals surface area contributed by atoms with E-state index in [1.807, 2.05) is 12.1 Å². The van der Waals surface area contributed by atoms with Crippen molar-refractivity contribution < 1.29 is 14.7 Å². The van der Waals surface area contributed by atoms with E-state index in [1.54, 1.807) is 29.3 Å². The maximum atomic E-state index is 12.8. The minimum atomic E-state index is -0.908. The fourth-order valence-corrected chi connectivity index (χ4v) is 4.16. The van der Waals surface area contributed by atoms with Crippen molar-refractivity contribution in [1.82, 2.24) is 9.88 Å². The zero-order chi connectivity index (χ0) is 20.7. The van der Waals surface area contributed by atoms with E-state index in [9.17, 15) is 9.59 Å². The molecule has 1 aromatic carbocycles. The molecule has 2 fully saturated rings. The van der Waals surface area contributed by atoms with Crippen LogP contribution in [0.4, 0.5) is 11.5 Å². The number of carboxylic acid groups (broad SMARTS) is 1. The summed E-state index contributed by atoms with van der Waals surface area (Å²) in [6, 6.07) is 8.89. The summed E-state index contributed by atoms with van der Waals surface area (Å²) in [5, 5.41) is 10.2. The molecule has 2 aliphatic rings. The number of piperazine rings is 1. The van der Waals surface area contributed by atoms with Crippen LogP contribution in [0.15, 0.2) is 36.5 Å². The number of aliphatic carboxylic acids is 1. The lowest BCUT2D eigenvalue weighted by molar-refractivity contribution is -0.142. The van der Waals surface area contributed by atoms with Gasteiger partial charge in [-0.2, -0.15) is 0 Å². The number of halogens is 2. The Kier molecular flexibility index (Phi) is 5.27. The van der Waals surface area contributed by atoms with Gasteiger partial charge in [-0.15, -0.1) is 0 Å². The number of hydrogen-bond donors (Lipinski definition) is 2. The molecule has 4 rings (SSSR count). The molecule has 3 unspecified atom stereocenters. The highest BCUT2D eigenvalue weighted by Gasteiger charge is 2.50. The van der Waals surface area contributed by atoms with Crippen LogP contribution in [0.1, 0.15) is 18.0 Å². The highest BCUT2D eigenvalue weighted by molar-refractivity contribution is 6.31. The number of hydrogen-bond acceptors (Lipinski definition) is 5. The fourth-order valence-electron chi connectivity index (χ4n) is 3.87. The van der Waals surface area contributed by atoms with Gasteiger partial charge in [0, 0.05) is 30.9 Å². The van der Waals surface area contributed by atoms with E-state index in [-0.39, 0.29) is 11.9 Å². The largest absolute Gasteiger partial charge is 0.481 e. The number of nitrogens with two attached hydrogens (primary N) is 1. The van der Waals surface area contributed by atoms with Crippen LogP contribution in [0, 0.1) is 11.8 Å². The first-order valence-corrected chi connectivity index (χ1v) is 10.1. The maximum absolute atomic E-state index is 12.8. The van der Waals surface area contributed by atoms with Crippen LogP contribution in [0.25, 0.3) is 0 Å². The smallest absolute Gasteiger partial charge is 0.307 e. The van der Waals surface area contributed by atoms with E-state index >= 15 is 0 Å². The fraction of sp³-hybridized carbons (Fsp3) is 0.350. The third-order valence-corrected chi connectivity index (χ3v) is 5.96. The summed E-state index contributed by atoms with van der Waals surface area (Å²) in [7, 11) is 0. The predicted octanol–water partition coefficient (Wildman–Crippen LogP) is 3.08. The van der Waals surface area contributed by atoms with Crippen LogP contribution < -0.4 is 10.6 Å². The second kappa shape index (κ2) is 7.72. The van der Waals surface area contributed by atoms with Gasteiger partial charge < -0.3 is 20.6 Å². The standard InChI is InChI=1S/C20H20Cl2N4O3/c21-12-3-1-11(2-4-12)17-10-25(19(27)14-8-15(14)20(28)29)5-6-26(17)18-16(23)7-13(22)9-24-18/h1-4,7,9,14-15,17H,5-6,8,10,23H2,(H,28,29). The molecular formula is C20H20Cl2N4O3. The second-order valence-corrected chi connectivity index (χ2v) is 8.27. The zero-order valence-corrected chi connectivity index (χ0v) is 17.0. The molecule has 1 aliphatic heterocycles. The number of aromatic nitrogens is 1. The molecule has 1 saturated heterocycles. The molecule has 0 spiro atoms. The molecule has 0 bridgehead atoms. The molecule has 3 atom stereocenters. The van der Waals surface area contributed by atoms with Crippen LogP contribution in [-0.2, 0) is 9.59 Å².